The van der Waals surface area contributed by atoms with E-state index in [1.165, 1.54) is 12.1 Å². The van der Waals surface area contributed by atoms with Crippen molar-refractivity contribution in [3.63, 3.8) is 0 Å². The van der Waals surface area contributed by atoms with E-state index in [1.807, 2.05) is 30.3 Å². The zero-order chi connectivity index (χ0) is 21.7. The summed E-state index contributed by atoms with van der Waals surface area (Å²) in [5, 5.41) is 0.495. The molecule has 2 aliphatic heterocycles. The van der Waals surface area contributed by atoms with Crippen molar-refractivity contribution in [2.24, 2.45) is 0 Å². The minimum atomic E-state index is -0.266. The molecule has 6 nitrogen and oxygen atoms in total. The van der Waals surface area contributed by atoms with Crippen LogP contribution in [0.4, 0.5) is 4.39 Å². The number of nitrogens with one attached hydrogen (secondary N) is 1. The normalized spacial score (nSPS) is 22.4. The van der Waals surface area contributed by atoms with Gasteiger partial charge in [0.05, 0.1) is 28.9 Å². The van der Waals surface area contributed by atoms with Gasteiger partial charge in [-0.2, -0.15) is 4.98 Å². The standard InChI is InChI=1S/C24H19ClFN3O3/c25-17-11-18-23(29-24(27-18)32-20-12-31-19-8-9-30-22(19)20)28-21(17)14-6-4-13(5-7-14)15-2-1-3-16(26)10-15/h1-7,10-11,19-20,22H,8-9,12H2,(H,27,28,29). The molecule has 0 spiro atoms. The monoisotopic (exact) mass is 451 g/mol. The first kappa shape index (κ1) is 19.7. The van der Waals surface area contributed by atoms with Crippen molar-refractivity contribution in [1.29, 1.82) is 0 Å². The predicted molar refractivity (Wildman–Crippen MR) is 118 cm³/mol. The Kier molecular flexibility index (Phi) is 4.82. The molecule has 32 heavy (non-hydrogen) atoms. The van der Waals surface area contributed by atoms with Crippen molar-refractivity contribution in [2.45, 2.75) is 24.7 Å². The van der Waals surface area contributed by atoms with E-state index in [1.54, 1.807) is 12.1 Å². The van der Waals surface area contributed by atoms with Crippen molar-refractivity contribution < 1.29 is 18.6 Å². The summed E-state index contributed by atoms with van der Waals surface area (Å²) < 4.78 is 31.0. The maximum Gasteiger partial charge on any atom is 0.296 e. The van der Waals surface area contributed by atoms with Crippen LogP contribution in [-0.2, 0) is 9.47 Å². The molecule has 2 fully saturated rings. The molecule has 3 atom stereocenters. The Hall–Kier alpha value is -3.00. The number of hydrogen-bond donors (Lipinski definition) is 1. The number of aromatic amines is 1. The van der Waals surface area contributed by atoms with Crippen LogP contribution in [0.3, 0.4) is 0 Å². The number of ether oxygens (including phenoxy) is 3. The maximum atomic E-state index is 13.5. The largest absolute Gasteiger partial charge is 0.456 e. The molecule has 4 heterocycles. The fraction of sp³-hybridized carbons (Fsp3) is 0.250. The summed E-state index contributed by atoms with van der Waals surface area (Å²) in [6, 6.07) is 16.3. The van der Waals surface area contributed by atoms with Gasteiger partial charge < -0.3 is 19.2 Å². The number of aromatic nitrogens is 3. The number of H-pyrrole nitrogens is 1. The van der Waals surface area contributed by atoms with Crippen molar-refractivity contribution in [2.75, 3.05) is 13.2 Å². The molecular formula is C24H19ClFN3O3. The predicted octanol–water partition coefficient (Wildman–Crippen LogP) is 5.02. The van der Waals surface area contributed by atoms with Gasteiger partial charge in [0.1, 0.15) is 11.9 Å². The Bertz CT molecular complexity index is 1290. The summed E-state index contributed by atoms with van der Waals surface area (Å²) in [7, 11) is 0. The average Bonchev–Trinajstić information content (AvgIpc) is 3.50. The van der Waals surface area contributed by atoms with E-state index in [2.05, 4.69) is 15.0 Å². The molecule has 8 heteroatoms. The van der Waals surface area contributed by atoms with Crippen LogP contribution in [0.2, 0.25) is 5.02 Å². The Morgan fingerprint density at radius 2 is 1.84 bits per heavy atom. The van der Waals surface area contributed by atoms with Crippen LogP contribution in [0.1, 0.15) is 6.42 Å². The average molecular weight is 452 g/mol. The molecule has 2 aromatic heterocycles. The van der Waals surface area contributed by atoms with Gasteiger partial charge in [0.25, 0.3) is 6.01 Å². The smallest absolute Gasteiger partial charge is 0.296 e. The number of halogens is 2. The van der Waals surface area contributed by atoms with E-state index in [9.17, 15) is 4.39 Å². The van der Waals surface area contributed by atoms with Crippen LogP contribution in [0, 0.1) is 5.82 Å². The van der Waals surface area contributed by atoms with Crippen molar-refractivity contribution >= 4 is 22.8 Å². The third-order valence-electron chi connectivity index (χ3n) is 5.90. The second-order valence-electron chi connectivity index (χ2n) is 7.97. The Morgan fingerprint density at radius 3 is 2.69 bits per heavy atom. The molecule has 0 bridgehead atoms. The highest BCUT2D eigenvalue weighted by molar-refractivity contribution is 6.33. The van der Waals surface area contributed by atoms with Gasteiger partial charge in [0, 0.05) is 12.2 Å². The number of nitrogens with zero attached hydrogens (tertiary/aromatic N) is 2. The summed E-state index contributed by atoms with van der Waals surface area (Å²) in [6.45, 7) is 1.16. The Balaban J connectivity index is 1.27. The quantitative estimate of drug-likeness (QED) is 0.472. The molecule has 3 unspecified atom stereocenters. The van der Waals surface area contributed by atoms with Crippen molar-refractivity contribution in [3.8, 4) is 28.4 Å². The van der Waals surface area contributed by atoms with Crippen molar-refractivity contribution in [3.05, 3.63) is 65.4 Å². The summed E-state index contributed by atoms with van der Waals surface area (Å²) in [6.07, 6.45) is 0.725. The number of pyridine rings is 1. The molecule has 2 aromatic carbocycles. The summed E-state index contributed by atoms with van der Waals surface area (Å²) >= 11 is 6.53. The molecule has 0 amide bonds. The molecule has 4 aromatic rings. The molecule has 6 rings (SSSR count). The number of benzene rings is 2. The third-order valence-corrected chi connectivity index (χ3v) is 6.19. The lowest BCUT2D eigenvalue weighted by molar-refractivity contribution is 0.0273. The summed E-state index contributed by atoms with van der Waals surface area (Å²) in [5.74, 6) is -0.266. The zero-order valence-electron chi connectivity index (χ0n) is 16.9. The van der Waals surface area contributed by atoms with E-state index in [-0.39, 0.29) is 24.1 Å². The van der Waals surface area contributed by atoms with Crippen LogP contribution in [0.5, 0.6) is 6.01 Å². The second-order valence-corrected chi connectivity index (χ2v) is 8.38. The lowest BCUT2D eigenvalue weighted by Crippen LogP contribution is -2.32. The van der Waals surface area contributed by atoms with E-state index < -0.39 is 0 Å². The first-order valence-corrected chi connectivity index (χ1v) is 10.8. The second kappa shape index (κ2) is 7.85. The highest BCUT2D eigenvalue weighted by Crippen LogP contribution is 2.33. The van der Waals surface area contributed by atoms with Crippen LogP contribution in [0.25, 0.3) is 33.5 Å². The van der Waals surface area contributed by atoms with E-state index >= 15 is 0 Å². The molecular weight excluding hydrogens is 433 g/mol. The first-order valence-electron chi connectivity index (χ1n) is 10.5. The highest BCUT2D eigenvalue weighted by atomic mass is 35.5. The molecule has 1 N–H and O–H groups in total. The van der Waals surface area contributed by atoms with E-state index in [0.717, 1.165) is 23.1 Å². The fourth-order valence-corrected chi connectivity index (χ4v) is 4.58. The lowest BCUT2D eigenvalue weighted by Gasteiger charge is -2.15. The third kappa shape index (κ3) is 3.52. The topological polar surface area (TPSA) is 69.3 Å². The van der Waals surface area contributed by atoms with Gasteiger partial charge in [0.15, 0.2) is 11.8 Å². The molecule has 0 radical (unpaired) electrons. The molecule has 162 valence electrons. The van der Waals surface area contributed by atoms with Crippen molar-refractivity contribution in [1.82, 2.24) is 15.0 Å². The Morgan fingerprint density at radius 1 is 1.00 bits per heavy atom. The number of fused-ring (bicyclic) bond motifs is 2. The van der Waals surface area contributed by atoms with Crippen LogP contribution < -0.4 is 4.74 Å². The van der Waals surface area contributed by atoms with Gasteiger partial charge >= 0.3 is 0 Å². The van der Waals surface area contributed by atoms with Crippen LogP contribution in [-0.4, -0.2) is 46.5 Å². The van der Waals surface area contributed by atoms with Gasteiger partial charge in [-0.25, -0.2) is 9.37 Å². The SMILES string of the molecule is Fc1cccc(-c2ccc(-c3nc4nc(OC5COC6CCOC65)[nH]c4cc3Cl)cc2)c1. The van der Waals surface area contributed by atoms with Gasteiger partial charge in [-0.1, -0.05) is 48.0 Å². The van der Waals surface area contributed by atoms with Crippen LogP contribution in [0.15, 0.2) is 54.6 Å². The van der Waals surface area contributed by atoms with E-state index in [0.29, 0.717) is 41.1 Å². The molecule has 0 saturated carbocycles. The maximum absolute atomic E-state index is 13.5. The van der Waals surface area contributed by atoms with Gasteiger partial charge in [0.2, 0.25) is 0 Å². The highest BCUT2D eigenvalue weighted by Gasteiger charge is 2.43. The molecule has 0 aliphatic carbocycles. The Labute approximate surface area is 188 Å². The first-order chi connectivity index (χ1) is 15.6. The zero-order valence-corrected chi connectivity index (χ0v) is 17.7. The van der Waals surface area contributed by atoms with E-state index in [4.69, 9.17) is 25.8 Å². The fourth-order valence-electron chi connectivity index (χ4n) is 4.32. The summed E-state index contributed by atoms with van der Waals surface area (Å²) in [5.41, 5.74) is 4.38. The van der Waals surface area contributed by atoms with Crippen LogP contribution >= 0.6 is 11.6 Å². The minimum Gasteiger partial charge on any atom is -0.456 e. The number of rotatable bonds is 4. The van der Waals surface area contributed by atoms with Gasteiger partial charge in [-0.05, 0) is 35.7 Å². The number of hydrogen-bond acceptors (Lipinski definition) is 5. The number of imidazole rings is 1. The van der Waals surface area contributed by atoms with Gasteiger partial charge in [-0.15, -0.1) is 0 Å². The minimum absolute atomic E-state index is 0.0630. The molecule has 2 saturated heterocycles. The lowest BCUT2D eigenvalue weighted by atomic mass is 10.0. The molecule has 2 aliphatic rings. The summed E-state index contributed by atoms with van der Waals surface area (Å²) in [4.78, 5) is 12.3. The van der Waals surface area contributed by atoms with Gasteiger partial charge in [-0.3, -0.25) is 0 Å².